The lowest BCUT2D eigenvalue weighted by atomic mass is 10.0. The zero-order valence-electron chi connectivity index (χ0n) is 14.6. The lowest BCUT2D eigenvalue weighted by Crippen LogP contribution is -2.15. The van der Waals surface area contributed by atoms with Gasteiger partial charge in [-0.05, 0) is 43.4 Å². The Hall–Kier alpha value is -2.10. The van der Waals surface area contributed by atoms with E-state index in [2.05, 4.69) is 10.3 Å². The molecule has 4 nitrogen and oxygen atoms in total. The van der Waals surface area contributed by atoms with Crippen LogP contribution in [0.25, 0.3) is 10.9 Å². The molecule has 3 rings (SSSR count). The molecule has 1 aromatic heterocycles. The Morgan fingerprint density at radius 2 is 2.04 bits per heavy atom. The fourth-order valence-corrected chi connectivity index (χ4v) is 3.87. The van der Waals surface area contributed by atoms with Crippen molar-refractivity contribution >= 4 is 22.5 Å². The van der Waals surface area contributed by atoms with Gasteiger partial charge in [0.05, 0.1) is 5.52 Å². The van der Waals surface area contributed by atoms with E-state index in [-0.39, 0.29) is 11.5 Å². The third-order valence-corrected chi connectivity index (χ3v) is 5.29. The molecule has 0 spiro atoms. The Morgan fingerprint density at radius 3 is 2.75 bits per heavy atom. The van der Waals surface area contributed by atoms with Crippen molar-refractivity contribution in [2.75, 3.05) is 5.32 Å². The number of hydrogen-bond donors (Lipinski definition) is 2. The molecule has 1 fully saturated rings. The number of nitrogens with one attached hydrogen (secondary N) is 2. The van der Waals surface area contributed by atoms with Gasteiger partial charge in [0.25, 0.3) is 5.56 Å². The van der Waals surface area contributed by atoms with Gasteiger partial charge in [-0.15, -0.1) is 0 Å². The van der Waals surface area contributed by atoms with Crippen molar-refractivity contribution in [3.8, 4) is 0 Å². The summed E-state index contributed by atoms with van der Waals surface area (Å²) in [6.07, 6.45) is 7.43. The third kappa shape index (κ3) is 3.53. The molecule has 1 aliphatic carbocycles. The summed E-state index contributed by atoms with van der Waals surface area (Å²) < 4.78 is 0. The predicted octanol–water partition coefficient (Wildman–Crippen LogP) is 4.31. The van der Waals surface area contributed by atoms with Crippen LogP contribution in [0.5, 0.6) is 0 Å². The maximum atomic E-state index is 12.2. The van der Waals surface area contributed by atoms with Gasteiger partial charge in [-0.1, -0.05) is 38.7 Å². The molecule has 0 unspecified atom stereocenters. The summed E-state index contributed by atoms with van der Waals surface area (Å²) >= 11 is 0. The molecular formula is C20H26N2O2. The number of fused-ring (bicyclic) bond motifs is 1. The number of anilines is 1. The van der Waals surface area contributed by atoms with Gasteiger partial charge in [0, 0.05) is 23.1 Å². The summed E-state index contributed by atoms with van der Waals surface area (Å²) in [6.45, 7) is 3.97. The second kappa shape index (κ2) is 7.20. The first-order valence-corrected chi connectivity index (χ1v) is 9.04. The molecule has 1 aliphatic rings. The highest BCUT2D eigenvalue weighted by Crippen LogP contribution is 2.28. The molecule has 24 heavy (non-hydrogen) atoms. The fourth-order valence-electron chi connectivity index (χ4n) is 3.87. The summed E-state index contributed by atoms with van der Waals surface area (Å²) in [5.41, 5.74) is 3.35. The number of carbonyl (C=O) groups is 1. The molecule has 2 N–H and O–H groups in total. The van der Waals surface area contributed by atoms with Crippen LogP contribution in [0, 0.1) is 12.8 Å². The number of aromatic amines is 1. The smallest absolute Gasteiger partial charge is 0.251 e. The van der Waals surface area contributed by atoms with E-state index < -0.39 is 0 Å². The molecule has 4 heteroatoms. The predicted molar refractivity (Wildman–Crippen MR) is 98.5 cm³/mol. The summed E-state index contributed by atoms with van der Waals surface area (Å²) in [5.74, 6) is 0.782. The molecule has 1 heterocycles. The Labute approximate surface area is 142 Å². The van der Waals surface area contributed by atoms with Crippen LogP contribution in [0.2, 0.25) is 0 Å². The summed E-state index contributed by atoms with van der Waals surface area (Å²) in [4.78, 5) is 27.2. The molecule has 128 valence electrons. The minimum atomic E-state index is -0.0350. The van der Waals surface area contributed by atoms with E-state index in [0.717, 1.165) is 46.5 Å². The van der Waals surface area contributed by atoms with Crippen LogP contribution in [0.1, 0.15) is 56.6 Å². The van der Waals surface area contributed by atoms with Crippen molar-refractivity contribution in [1.82, 2.24) is 4.98 Å². The van der Waals surface area contributed by atoms with Gasteiger partial charge in [-0.3, -0.25) is 9.59 Å². The van der Waals surface area contributed by atoms with Crippen molar-refractivity contribution < 1.29 is 4.79 Å². The molecule has 0 bridgehead atoms. The van der Waals surface area contributed by atoms with Gasteiger partial charge in [0.2, 0.25) is 5.91 Å². The number of benzene rings is 1. The first-order valence-electron chi connectivity index (χ1n) is 9.04. The molecule has 0 aliphatic heterocycles. The number of aryl methyl sites for hydroxylation is 1. The van der Waals surface area contributed by atoms with E-state index >= 15 is 0 Å². The second-order valence-electron chi connectivity index (χ2n) is 6.91. The summed E-state index contributed by atoms with van der Waals surface area (Å²) in [7, 11) is 0. The van der Waals surface area contributed by atoms with E-state index in [4.69, 9.17) is 0 Å². The molecular weight excluding hydrogens is 300 g/mol. The normalized spacial score (nSPS) is 15.1. The van der Waals surface area contributed by atoms with Crippen molar-refractivity contribution in [1.29, 1.82) is 0 Å². The zero-order chi connectivity index (χ0) is 17.1. The number of H-pyrrole nitrogens is 1. The van der Waals surface area contributed by atoms with Crippen LogP contribution >= 0.6 is 0 Å². The zero-order valence-corrected chi connectivity index (χ0v) is 14.6. The molecule has 0 saturated heterocycles. The van der Waals surface area contributed by atoms with Crippen LogP contribution in [0.3, 0.4) is 0 Å². The van der Waals surface area contributed by atoms with E-state index in [0.29, 0.717) is 6.42 Å². The van der Waals surface area contributed by atoms with Gasteiger partial charge in [-0.2, -0.15) is 0 Å². The van der Waals surface area contributed by atoms with E-state index in [1.165, 1.54) is 25.7 Å². The van der Waals surface area contributed by atoms with Crippen LogP contribution < -0.4 is 10.9 Å². The minimum absolute atomic E-state index is 0.0350. The molecule has 0 radical (unpaired) electrons. The Balaban J connectivity index is 1.73. The second-order valence-corrected chi connectivity index (χ2v) is 6.91. The minimum Gasteiger partial charge on any atom is -0.326 e. The Bertz CT molecular complexity index is 801. The maximum Gasteiger partial charge on any atom is 0.251 e. The van der Waals surface area contributed by atoms with E-state index in [1.807, 2.05) is 32.0 Å². The highest BCUT2D eigenvalue weighted by Gasteiger charge is 2.16. The molecule has 1 saturated carbocycles. The van der Waals surface area contributed by atoms with Gasteiger partial charge in [0.1, 0.15) is 0 Å². The fraction of sp³-hybridized carbons (Fsp3) is 0.500. The van der Waals surface area contributed by atoms with E-state index in [9.17, 15) is 9.59 Å². The number of rotatable bonds is 5. The standard InChI is InChI=1S/C20H26N2O2/c1-3-16-13(2)17-10-9-15(12-18(17)22-20(16)24)21-19(23)11-8-14-6-4-5-7-14/h9-10,12,14H,3-8,11H2,1-2H3,(H,21,23)(H,22,24). The van der Waals surface area contributed by atoms with Crippen molar-refractivity contribution in [2.24, 2.45) is 5.92 Å². The van der Waals surface area contributed by atoms with Crippen LogP contribution in [-0.4, -0.2) is 10.9 Å². The van der Waals surface area contributed by atoms with Crippen LogP contribution in [0.4, 0.5) is 5.69 Å². The SMILES string of the molecule is CCc1c(C)c2ccc(NC(=O)CCC3CCCC3)cc2[nH]c1=O. The molecule has 2 aromatic rings. The quantitative estimate of drug-likeness (QED) is 0.860. The lowest BCUT2D eigenvalue weighted by Gasteiger charge is -2.11. The number of amides is 1. The summed E-state index contributed by atoms with van der Waals surface area (Å²) in [6, 6.07) is 5.75. The van der Waals surface area contributed by atoms with Crippen LogP contribution in [-0.2, 0) is 11.2 Å². The Kier molecular flexibility index (Phi) is 5.03. The highest BCUT2D eigenvalue weighted by molar-refractivity contribution is 5.94. The molecule has 1 aromatic carbocycles. The van der Waals surface area contributed by atoms with Crippen molar-refractivity contribution in [3.63, 3.8) is 0 Å². The largest absolute Gasteiger partial charge is 0.326 e. The summed E-state index contributed by atoms with van der Waals surface area (Å²) in [5, 5.41) is 4.00. The molecule has 1 amide bonds. The van der Waals surface area contributed by atoms with Crippen molar-refractivity contribution in [3.05, 3.63) is 39.7 Å². The van der Waals surface area contributed by atoms with Gasteiger partial charge >= 0.3 is 0 Å². The van der Waals surface area contributed by atoms with Gasteiger partial charge in [0.15, 0.2) is 0 Å². The topological polar surface area (TPSA) is 62.0 Å². The number of aromatic nitrogens is 1. The van der Waals surface area contributed by atoms with Crippen LogP contribution in [0.15, 0.2) is 23.0 Å². The number of pyridine rings is 1. The van der Waals surface area contributed by atoms with Gasteiger partial charge < -0.3 is 10.3 Å². The van der Waals surface area contributed by atoms with E-state index in [1.54, 1.807) is 0 Å². The number of carbonyl (C=O) groups excluding carboxylic acids is 1. The Morgan fingerprint density at radius 1 is 1.29 bits per heavy atom. The first-order chi connectivity index (χ1) is 11.6. The monoisotopic (exact) mass is 326 g/mol. The van der Waals surface area contributed by atoms with Crippen molar-refractivity contribution in [2.45, 2.75) is 58.8 Å². The number of hydrogen-bond acceptors (Lipinski definition) is 2. The average Bonchev–Trinajstić information content (AvgIpc) is 3.06. The first kappa shape index (κ1) is 16.7. The third-order valence-electron chi connectivity index (χ3n) is 5.29. The highest BCUT2D eigenvalue weighted by atomic mass is 16.1. The van der Waals surface area contributed by atoms with Gasteiger partial charge in [-0.25, -0.2) is 0 Å². The maximum absolute atomic E-state index is 12.2. The lowest BCUT2D eigenvalue weighted by molar-refractivity contribution is -0.116. The average molecular weight is 326 g/mol. The molecule has 0 atom stereocenters.